The molecule has 0 fully saturated rings. The Bertz CT molecular complexity index is 983. The Morgan fingerprint density at radius 2 is 1.96 bits per heavy atom. The molecule has 0 saturated carbocycles. The first-order valence-corrected chi connectivity index (χ1v) is 8.64. The van der Waals surface area contributed by atoms with Crippen LogP contribution >= 0.6 is 0 Å². The molecule has 3 aromatic heterocycles. The molecule has 0 aliphatic carbocycles. The second kappa shape index (κ2) is 6.93. The largest absolute Gasteiger partial charge is 0.333 e. The zero-order chi connectivity index (χ0) is 18.0. The molecule has 3 rings (SSSR count). The Balaban J connectivity index is 2.24. The zero-order valence-corrected chi connectivity index (χ0v) is 14.8. The number of hydrogen-bond donors (Lipinski definition) is 0. The number of pyridine rings is 1. The number of aryl methyl sites for hydroxylation is 1. The van der Waals surface area contributed by atoms with Crippen LogP contribution in [0.5, 0.6) is 0 Å². The Hall–Kier alpha value is -2.88. The van der Waals surface area contributed by atoms with Gasteiger partial charge in [-0.15, -0.1) is 0 Å². The highest BCUT2D eigenvalue weighted by molar-refractivity contribution is 5.76. The lowest BCUT2D eigenvalue weighted by Crippen LogP contribution is -2.28. The van der Waals surface area contributed by atoms with Crippen LogP contribution in [0.2, 0.25) is 0 Å². The fourth-order valence-electron chi connectivity index (χ4n) is 3.32. The predicted octanol–water partition coefficient (Wildman–Crippen LogP) is 2.70. The van der Waals surface area contributed by atoms with Gasteiger partial charge in [-0.25, -0.2) is 14.8 Å². The summed E-state index contributed by atoms with van der Waals surface area (Å²) in [4.78, 5) is 21.5. The molecule has 3 aromatic rings. The maximum absolute atomic E-state index is 13.2. The lowest BCUT2D eigenvalue weighted by atomic mass is 10.1. The third-order valence-corrected chi connectivity index (χ3v) is 4.73. The molecule has 0 saturated heterocycles. The van der Waals surface area contributed by atoms with Gasteiger partial charge in [0.25, 0.3) is 0 Å². The van der Waals surface area contributed by atoms with Crippen LogP contribution in [0.1, 0.15) is 51.0 Å². The van der Waals surface area contributed by atoms with Gasteiger partial charge in [0.15, 0.2) is 0 Å². The lowest BCUT2D eigenvalue weighted by molar-refractivity contribution is 0.462. The summed E-state index contributed by atoms with van der Waals surface area (Å²) in [6.07, 6.45) is 6.91. The topological polar surface area (TPSA) is 81.4 Å². The second-order valence-corrected chi connectivity index (χ2v) is 6.05. The van der Waals surface area contributed by atoms with Crippen molar-refractivity contribution in [2.45, 2.75) is 52.7 Å². The van der Waals surface area contributed by atoms with Gasteiger partial charge in [-0.3, -0.25) is 9.13 Å². The molecule has 7 heteroatoms. The van der Waals surface area contributed by atoms with Gasteiger partial charge in [0.05, 0.1) is 35.8 Å². The summed E-state index contributed by atoms with van der Waals surface area (Å²) in [5.74, 6) is 0. The van der Waals surface area contributed by atoms with Gasteiger partial charge in [-0.1, -0.05) is 13.8 Å². The first kappa shape index (κ1) is 17.0. The molecule has 0 aliphatic rings. The van der Waals surface area contributed by atoms with E-state index >= 15 is 0 Å². The average Bonchev–Trinajstić information content (AvgIpc) is 3.20. The van der Waals surface area contributed by atoms with Gasteiger partial charge >= 0.3 is 5.69 Å². The smallest absolute Gasteiger partial charge is 0.329 e. The van der Waals surface area contributed by atoms with E-state index in [0.29, 0.717) is 12.2 Å². The van der Waals surface area contributed by atoms with Gasteiger partial charge < -0.3 is 4.57 Å². The number of nitriles is 1. The maximum Gasteiger partial charge on any atom is 0.329 e. The van der Waals surface area contributed by atoms with E-state index in [1.165, 1.54) is 0 Å². The van der Waals surface area contributed by atoms with E-state index in [0.717, 1.165) is 36.1 Å². The zero-order valence-electron chi connectivity index (χ0n) is 14.8. The van der Waals surface area contributed by atoms with Crippen LogP contribution in [0.3, 0.4) is 0 Å². The van der Waals surface area contributed by atoms with Crippen LogP contribution in [-0.4, -0.2) is 23.7 Å². The molecule has 3 heterocycles. The third kappa shape index (κ3) is 2.84. The van der Waals surface area contributed by atoms with Gasteiger partial charge in [-0.2, -0.15) is 5.26 Å². The van der Waals surface area contributed by atoms with Crippen LogP contribution in [0, 0.1) is 11.3 Å². The molecule has 0 N–H and O–H groups in total. The van der Waals surface area contributed by atoms with E-state index in [1.54, 1.807) is 29.4 Å². The molecule has 0 aliphatic heterocycles. The molecule has 0 radical (unpaired) electrons. The van der Waals surface area contributed by atoms with Crippen LogP contribution in [0.25, 0.3) is 11.0 Å². The normalized spacial score (nSPS) is 11.3. The van der Waals surface area contributed by atoms with Crippen molar-refractivity contribution in [3.05, 3.63) is 46.7 Å². The van der Waals surface area contributed by atoms with Crippen LogP contribution in [-0.2, 0) is 13.1 Å². The summed E-state index contributed by atoms with van der Waals surface area (Å²) in [5.41, 5.74) is 2.73. The van der Waals surface area contributed by atoms with Crippen LogP contribution in [0.15, 0.2) is 29.6 Å². The molecule has 7 nitrogen and oxygen atoms in total. The first-order chi connectivity index (χ1) is 12.1. The van der Waals surface area contributed by atoms with Crippen molar-refractivity contribution < 1.29 is 0 Å². The van der Waals surface area contributed by atoms with E-state index in [9.17, 15) is 10.1 Å². The number of rotatable bonds is 6. The Morgan fingerprint density at radius 1 is 1.20 bits per heavy atom. The van der Waals surface area contributed by atoms with Gasteiger partial charge in [0.1, 0.15) is 11.8 Å². The molecule has 0 unspecified atom stereocenters. The number of nitrogens with zero attached hydrogens (tertiary/aromatic N) is 6. The predicted molar refractivity (Wildman–Crippen MR) is 95.3 cm³/mol. The second-order valence-electron chi connectivity index (χ2n) is 6.05. The third-order valence-electron chi connectivity index (χ3n) is 4.73. The SMILES string of the molecule is CCC(CC)n1c(=O)n(Cc2cncn2CC)c2cc(C#N)ncc21. The van der Waals surface area contributed by atoms with Gasteiger partial charge in [0.2, 0.25) is 0 Å². The molecule has 0 spiro atoms. The van der Waals surface area contributed by atoms with Crippen molar-refractivity contribution in [1.29, 1.82) is 5.26 Å². The van der Waals surface area contributed by atoms with Crippen molar-refractivity contribution in [3.63, 3.8) is 0 Å². The number of hydrogen-bond acceptors (Lipinski definition) is 4. The molecule has 0 atom stereocenters. The summed E-state index contributed by atoms with van der Waals surface area (Å²) >= 11 is 0. The van der Waals surface area contributed by atoms with Crippen molar-refractivity contribution >= 4 is 11.0 Å². The minimum Gasteiger partial charge on any atom is -0.333 e. The summed E-state index contributed by atoms with van der Waals surface area (Å²) in [5, 5.41) is 9.18. The van der Waals surface area contributed by atoms with Crippen molar-refractivity contribution in [3.8, 4) is 6.07 Å². The van der Waals surface area contributed by atoms with Gasteiger partial charge in [0, 0.05) is 24.8 Å². The fourth-order valence-corrected chi connectivity index (χ4v) is 3.32. The van der Waals surface area contributed by atoms with Crippen LogP contribution < -0.4 is 5.69 Å². The number of fused-ring (bicyclic) bond motifs is 1. The monoisotopic (exact) mass is 338 g/mol. The Labute approximate surface area is 146 Å². The minimum absolute atomic E-state index is 0.0653. The molecule has 0 aromatic carbocycles. The van der Waals surface area contributed by atoms with E-state index in [4.69, 9.17) is 0 Å². The van der Waals surface area contributed by atoms with Crippen molar-refractivity contribution in [1.82, 2.24) is 23.7 Å². The van der Waals surface area contributed by atoms with Gasteiger partial charge in [-0.05, 0) is 19.8 Å². The van der Waals surface area contributed by atoms with E-state index in [-0.39, 0.29) is 11.7 Å². The summed E-state index contributed by atoms with van der Waals surface area (Å²) in [6.45, 7) is 7.41. The average molecular weight is 338 g/mol. The quantitative estimate of drug-likeness (QED) is 0.692. The molecule has 25 heavy (non-hydrogen) atoms. The number of aromatic nitrogens is 5. The van der Waals surface area contributed by atoms with Crippen LogP contribution in [0.4, 0.5) is 0 Å². The van der Waals surface area contributed by atoms with E-state index in [2.05, 4.69) is 29.9 Å². The molecular formula is C18H22N6O. The fraction of sp³-hybridized carbons (Fsp3) is 0.444. The van der Waals surface area contributed by atoms with Crippen molar-refractivity contribution in [2.75, 3.05) is 0 Å². The van der Waals surface area contributed by atoms with E-state index in [1.807, 2.05) is 16.1 Å². The number of imidazole rings is 2. The standard InChI is InChI=1S/C18H22N6O/c1-4-14(5-2)24-17-10-21-13(8-19)7-16(17)23(18(24)25)11-15-9-20-12-22(15)6-3/h7,9-10,12,14H,4-6,11H2,1-3H3. The molecule has 130 valence electrons. The molecular weight excluding hydrogens is 316 g/mol. The highest BCUT2D eigenvalue weighted by Gasteiger charge is 2.20. The Kier molecular flexibility index (Phi) is 4.70. The molecule has 0 bridgehead atoms. The molecule has 0 amide bonds. The minimum atomic E-state index is -0.0653. The highest BCUT2D eigenvalue weighted by atomic mass is 16.1. The lowest BCUT2D eigenvalue weighted by Gasteiger charge is -2.14. The summed E-state index contributed by atoms with van der Waals surface area (Å²) in [7, 11) is 0. The highest BCUT2D eigenvalue weighted by Crippen LogP contribution is 2.22. The first-order valence-electron chi connectivity index (χ1n) is 8.64. The summed E-state index contributed by atoms with van der Waals surface area (Å²) < 4.78 is 5.55. The van der Waals surface area contributed by atoms with E-state index < -0.39 is 0 Å². The Morgan fingerprint density at radius 3 is 2.60 bits per heavy atom. The van der Waals surface area contributed by atoms with Crippen molar-refractivity contribution in [2.24, 2.45) is 0 Å². The maximum atomic E-state index is 13.2. The summed E-state index contributed by atoms with van der Waals surface area (Å²) in [6, 6.07) is 3.87.